The Kier molecular flexibility index (Phi) is 4.87. The molecule has 2 aliphatic heterocycles. The molecule has 2 heterocycles. The van der Waals surface area contributed by atoms with Crippen LogP contribution in [0.15, 0.2) is 48.5 Å². The molecule has 146 valence electrons. The van der Waals surface area contributed by atoms with E-state index < -0.39 is 11.2 Å². The van der Waals surface area contributed by atoms with Gasteiger partial charge < -0.3 is 9.80 Å². The molecule has 0 aliphatic carbocycles. The normalized spacial score (nSPS) is 22.6. The van der Waals surface area contributed by atoms with Crippen molar-refractivity contribution in [3.63, 3.8) is 0 Å². The van der Waals surface area contributed by atoms with Gasteiger partial charge in [-0.25, -0.2) is 8.78 Å². The maximum Gasteiger partial charge on any atom is 0.253 e. The van der Waals surface area contributed by atoms with Gasteiger partial charge in [-0.2, -0.15) is 0 Å². The van der Waals surface area contributed by atoms with Crippen molar-refractivity contribution in [3.8, 4) is 0 Å². The van der Waals surface area contributed by atoms with Crippen molar-refractivity contribution in [2.75, 3.05) is 24.5 Å². The van der Waals surface area contributed by atoms with Crippen LogP contribution >= 0.6 is 0 Å². The number of rotatable bonds is 2. The number of piperidine rings is 2. The number of benzene rings is 2. The summed E-state index contributed by atoms with van der Waals surface area (Å²) in [7, 11) is 0. The zero-order valence-corrected chi connectivity index (χ0v) is 15.5. The number of amides is 2. The number of anilines is 1. The Bertz CT molecular complexity index is 896. The summed E-state index contributed by atoms with van der Waals surface area (Å²) in [6.07, 6.45) is 2.99. The lowest BCUT2D eigenvalue weighted by atomic mass is 9.72. The Hall–Kier alpha value is -2.76. The molecule has 0 bridgehead atoms. The van der Waals surface area contributed by atoms with E-state index >= 15 is 0 Å². The highest BCUT2D eigenvalue weighted by molar-refractivity contribution is 6.00. The maximum absolute atomic E-state index is 13.5. The third-order valence-corrected chi connectivity index (χ3v) is 5.81. The van der Waals surface area contributed by atoms with Crippen molar-refractivity contribution in [2.24, 2.45) is 5.41 Å². The highest BCUT2D eigenvalue weighted by Gasteiger charge is 2.47. The van der Waals surface area contributed by atoms with E-state index in [1.54, 1.807) is 28.0 Å². The highest BCUT2D eigenvalue weighted by atomic mass is 19.1. The Morgan fingerprint density at radius 3 is 2.36 bits per heavy atom. The van der Waals surface area contributed by atoms with E-state index in [-0.39, 0.29) is 17.6 Å². The molecule has 1 spiro atoms. The van der Waals surface area contributed by atoms with E-state index in [9.17, 15) is 18.4 Å². The van der Waals surface area contributed by atoms with Crippen LogP contribution in [-0.4, -0.2) is 36.3 Å². The molecule has 0 radical (unpaired) electrons. The molecule has 2 saturated heterocycles. The fourth-order valence-electron chi connectivity index (χ4n) is 4.43. The topological polar surface area (TPSA) is 40.6 Å². The monoisotopic (exact) mass is 384 g/mol. The summed E-state index contributed by atoms with van der Waals surface area (Å²) < 4.78 is 26.8. The number of carbonyl (C=O) groups excluding carboxylic acids is 2. The van der Waals surface area contributed by atoms with Crippen LogP contribution in [0.25, 0.3) is 0 Å². The van der Waals surface area contributed by atoms with Gasteiger partial charge in [0.2, 0.25) is 5.91 Å². The minimum absolute atomic E-state index is 0.0119. The van der Waals surface area contributed by atoms with Crippen LogP contribution in [0.2, 0.25) is 0 Å². The van der Waals surface area contributed by atoms with Gasteiger partial charge in [0.1, 0.15) is 11.6 Å². The second-order valence-electron chi connectivity index (χ2n) is 7.66. The Morgan fingerprint density at radius 2 is 1.64 bits per heavy atom. The molecule has 4 rings (SSSR count). The van der Waals surface area contributed by atoms with Gasteiger partial charge in [0, 0.05) is 30.9 Å². The molecule has 0 saturated carbocycles. The van der Waals surface area contributed by atoms with Gasteiger partial charge in [0.25, 0.3) is 5.91 Å². The molecular formula is C22H22F2N2O2. The van der Waals surface area contributed by atoms with E-state index in [4.69, 9.17) is 0 Å². The van der Waals surface area contributed by atoms with Crippen LogP contribution in [-0.2, 0) is 4.79 Å². The third kappa shape index (κ3) is 3.39. The van der Waals surface area contributed by atoms with Gasteiger partial charge in [-0.15, -0.1) is 0 Å². The maximum atomic E-state index is 13.5. The van der Waals surface area contributed by atoms with Crippen LogP contribution < -0.4 is 4.90 Å². The zero-order valence-electron chi connectivity index (χ0n) is 15.5. The van der Waals surface area contributed by atoms with Crippen LogP contribution in [0.5, 0.6) is 0 Å². The summed E-state index contributed by atoms with van der Waals surface area (Å²) in [5.41, 5.74) is 0.350. The molecule has 6 heteroatoms. The fraction of sp³-hybridized carbons (Fsp3) is 0.364. The van der Waals surface area contributed by atoms with Gasteiger partial charge in [-0.1, -0.05) is 6.07 Å². The average Bonchev–Trinajstić information content (AvgIpc) is 2.71. The zero-order chi connectivity index (χ0) is 19.7. The first kappa shape index (κ1) is 18.6. The first-order chi connectivity index (χ1) is 13.5. The predicted octanol–water partition coefficient (Wildman–Crippen LogP) is 4.01. The SMILES string of the molecule is O=C(c1cccc(F)c1)N1CCCC2(CCCN(c3ccc(F)cc3)C2=O)C1. The lowest BCUT2D eigenvalue weighted by molar-refractivity contribution is -0.133. The lowest BCUT2D eigenvalue weighted by Crippen LogP contribution is -2.57. The van der Waals surface area contributed by atoms with Gasteiger partial charge >= 0.3 is 0 Å². The van der Waals surface area contributed by atoms with Crippen LogP contribution in [0.3, 0.4) is 0 Å². The lowest BCUT2D eigenvalue weighted by Gasteiger charge is -2.47. The minimum atomic E-state index is -0.631. The van der Waals surface area contributed by atoms with Crippen LogP contribution in [0, 0.1) is 17.0 Å². The minimum Gasteiger partial charge on any atom is -0.338 e. The number of nitrogens with zero attached hydrogens (tertiary/aromatic N) is 2. The van der Waals surface area contributed by atoms with E-state index in [1.165, 1.54) is 30.3 Å². The van der Waals surface area contributed by atoms with Crippen molar-refractivity contribution in [2.45, 2.75) is 25.7 Å². The Balaban J connectivity index is 1.57. The first-order valence-corrected chi connectivity index (χ1v) is 9.61. The average molecular weight is 384 g/mol. The number of likely N-dealkylation sites (tertiary alicyclic amines) is 1. The summed E-state index contributed by atoms with van der Waals surface area (Å²) in [6, 6.07) is 11.6. The van der Waals surface area contributed by atoms with E-state index in [1.807, 2.05) is 0 Å². The van der Waals surface area contributed by atoms with Crippen molar-refractivity contribution >= 4 is 17.5 Å². The molecule has 0 N–H and O–H groups in total. The summed E-state index contributed by atoms with van der Waals surface area (Å²) in [6.45, 7) is 1.48. The molecule has 28 heavy (non-hydrogen) atoms. The highest BCUT2D eigenvalue weighted by Crippen LogP contribution is 2.41. The van der Waals surface area contributed by atoms with Crippen molar-refractivity contribution < 1.29 is 18.4 Å². The molecule has 4 nitrogen and oxygen atoms in total. The van der Waals surface area contributed by atoms with E-state index in [0.717, 1.165) is 25.7 Å². The molecule has 2 aromatic carbocycles. The quantitative estimate of drug-likeness (QED) is 0.785. The predicted molar refractivity (Wildman–Crippen MR) is 102 cm³/mol. The molecule has 2 aromatic rings. The largest absolute Gasteiger partial charge is 0.338 e. The first-order valence-electron chi connectivity index (χ1n) is 9.61. The molecule has 0 aromatic heterocycles. The smallest absolute Gasteiger partial charge is 0.253 e. The molecule has 2 fully saturated rings. The molecule has 1 atom stereocenters. The van der Waals surface area contributed by atoms with Crippen LogP contribution in [0.4, 0.5) is 14.5 Å². The van der Waals surface area contributed by atoms with E-state index in [0.29, 0.717) is 30.9 Å². The molecular weight excluding hydrogens is 362 g/mol. The summed E-state index contributed by atoms with van der Waals surface area (Å²) in [5.74, 6) is -1.05. The van der Waals surface area contributed by atoms with Crippen molar-refractivity contribution in [1.29, 1.82) is 0 Å². The Labute approximate surface area is 162 Å². The van der Waals surface area contributed by atoms with Crippen molar-refractivity contribution in [3.05, 3.63) is 65.7 Å². The standard InChI is InChI=1S/C22H22F2N2O2/c23-17-6-8-19(9-7-17)26-13-3-11-22(21(26)28)10-2-12-25(15-22)20(27)16-4-1-5-18(24)14-16/h1,4-9,14H,2-3,10-13,15H2. The molecule has 2 aliphatic rings. The second-order valence-corrected chi connectivity index (χ2v) is 7.66. The number of hydrogen-bond donors (Lipinski definition) is 0. The van der Waals surface area contributed by atoms with Gasteiger partial charge in [0.15, 0.2) is 0 Å². The number of carbonyl (C=O) groups is 2. The summed E-state index contributed by atoms with van der Waals surface area (Å²) in [5, 5.41) is 0. The summed E-state index contributed by atoms with van der Waals surface area (Å²) in [4.78, 5) is 29.6. The van der Waals surface area contributed by atoms with Gasteiger partial charge in [0.05, 0.1) is 5.41 Å². The fourth-order valence-corrected chi connectivity index (χ4v) is 4.43. The molecule has 2 amide bonds. The molecule has 1 unspecified atom stereocenters. The number of hydrogen-bond acceptors (Lipinski definition) is 2. The van der Waals surface area contributed by atoms with Crippen LogP contribution in [0.1, 0.15) is 36.0 Å². The summed E-state index contributed by atoms with van der Waals surface area (Å²) >= 11 is 0. The van der Waals surface area contributed by atoms with Crippen molar-refractivity contribution in [1.82, 2.24) is 4.90 Å². The van der Waals surface area contributed by atoms with Gasteiger partial charge in [-0.05, 0) is 68.1 Å². The second kappa shape index (κ2) is 7.34. The van der Waals surface area contributed by atoms with E-state index in [2.05, 4.69) is 0 Å². The number of halogens is 2. The third-order valence-electron chi connectivity index (χ3n) is 5.81. The Morgan fingerprint density at radius 1 is 0.929 bits per heavy atom. The van der Waals surface area contributed by atoms with Gasteiger partial charge in [-0.3, -0.25) is 9.59 Å².